The molecule has 0 heterocycles. The van der Waals surface area contributed by atoms with E-state index in [1.165, 1.54) is 0 Å². The smallest absolute Gasteiger partial charge is 0.489 e. The summed E-state index contributed by atoms with van der Waals surface area (Å²) in [7, 11) is -1.85. The van der Waals surface area contributed by atoms with Crippen molar-refractivity contribution in [1.82, 2.24) is 0 Å². The Morgan fingerprint density at radius 1 is 1.00 bits per heavy atom. The molecule has 0 aromatic rings. The highest BCUT2D eigenvalue weighted by atomic mass is 28.4. The largest absolute Gasteiger partial charge is 0.494 e. The van der Waals surface area contributed by atoms with Crippen molar-refractivity contribution in [2.75, 3.05) is 0 Å². The number of carbonyl (C=O) groups is 1. The molecule has 0 aliphatic carbocycles. The van der Waals surface area contributed by atoms with Crippen molar-refractivity contribution < 1.29 is 14.0 Å². The molecule has 0 aliphatic heterocycles. The summed E-state index contributed by atoms with van der Waals surface area (Å²) in [4.78, 5) is 11.7. The molecule has 0 aromatic carbocycles. The van der Waals surface area contributed by atoms with Crippen LogP contribution in [-0.4, -0.2) is 20.6 Å². The van der Waals surface area contributed by atoms with E-state index in [0.717, 1.165) is 31.0 Å². The van der Waals surface area contributed by atoms with Crippen molar-refractivity contribution in [1.29, 1.82) is 0 Å². The zero-order valence-electron chi connectivity index (χ0n) is 11.3. The van der Waals surface area contributed by atoms with E-state index in [4.69, 9.17) is 9.16 Å². The van der Waals surface area contributed by atoms with E-state index >= 15 is 0 Å². The van der Waals surface area contributed by atoms with Gasteiger partial charge in [0.15, 0.2) is 0 Å². The number of hydrogen-bond donors (Lipinski definition) is 0. The molecule has 0 spiro atoms. The van der Waals surface area contributed by atoms with Gasteiger partial charge in [-0.25, -0.2) is 4.79 Å². The van der Waals surface area contributed by atoms with Crippen molar-refractivity contribution >= 4 is 14.5 Å². The molecule has 0 aromatic heterocycles. The first-order valence-electron chi connectivity index (χ1n) is 6.46. The second kappa shape index (κ2) is 7.71. The molecule has 4 heteroatoms. The fraction of sp³-hybridized carbons (Fsp3) is 0.917. The van der Waals surface area contributed by atoms with Gasteiger partial charge in [0, 0.05) is 0 Å². The average molecular weight is 246 g/mol. The van der Waals surface area contributed by atoms with E-state index in [0.29, 0.717) is 0 Å². The topological polar surface area (TPSA) is 35.5 Å². The molecule has 0 N–H and O–H groups in total. The third-order valence-electron chi connectivity index (χ3n) is 3.41. The minimum Gasteiger partial charge on any atom is -0.489 e. The van der Waals surface area contributed by atoms with Gasteiger partial charge in [0.2, 0.25) is 0 Å². The van der Waals surface area contributed by atoms with Gasteiger partial charge in [0.25, 0.3) is 8.32 Å². The Balaban J connectivity index is 4.30. The molecule has 0 aliphatic rings. The molecular weight excluding hydrogens is 220 g/mol. The lowest BCUT2D eigenvalue weighted by Crippen LogP contribution is -2.39. The summed E-state index contributed by atoms with van der Waals surface area (Å²) in [6.07, 6.45) is 1.25. The van der Waals surface area contributed by atoms with Crippen LogP contribution < -0.4 is 0 Å². The molecule has 0 atom stereocenters. The van der Waals surface area contributed by atoms with Crippen LogP contribution in [0.15, 0.2) is 0 Å². The molecule has 0 saturated heterocycles. The Hall–Kier alpha value is -0.513. The second-order valence-electron chi connectivity index (χ2n) is 4.15. The van der Waals surface area contributed by atoms with Gasteiger partial charge in [0.05, 0.1) is 0 Å². The van der Waals surface area contributed by atoms with Crippen LogP contribution >= 0.6 is 0 Å². The van der Waals surface area contributed by atoms with Crippen LogP contribution in [0.3, 0.4) is 0 Å². The lowest BCUT2D eigenvalue weighted by molar-refractivity contribution is 0.0521. The molecule has 0 unspecified atom stereocenters. The lowest BCUT2D eigenvalue weighted by atomic mass is 10.2. The Morgan fingerprint density at radius 3 is 1.75 bits per heavy atom. The van der Waals surface area contributed by atoms with Crippen LogP contribution in [0, 0.1) is 0 Å². The summed E-state index contributed by atoms with van der Waals surface area (Å²) in [6.45, 7) is 10.3. The normalized spacial score (nSPS) is 11.6. The maximum atomic E-state index is 11.7. The Kier molecular flexibility index (Phi) is 7.46. The van der Waals surface area contributed by atoms with Crippen LogP contribution in [0.1, 0.15) is 47.5 Å². The first kappa shape index (κ1) is 15.5. The summed E-state index contributed by atoms with van der Waals surface area (Å²) in [5, 5.41) is 0. The quantitative estimate of drug-likeness (QED) is 0.495. The first-order chi connectivity index (χ1) is 7.57. The van der Waals surface area contributed by atoms with Gasteiger partial charge in [-0.1, -0.05) is 34.6 Å². The molecule has 0 amide bonds. The van der Waals surface area contributed by atoms with E-state index < -0.39 is 14.5 Å². The Labute approximate surface area is 101 Å². The van der Waals surface area contributed by atoms with Crippen molar-refractivity contribution in [3.8, 4) is 0 Å². The molecule has 0 rings (SSSR count). The molecule has 0 fully saturated rings. The molecule has 16 heavy (non-hydrogen) atoms. The Bertz CT molecular complexity index is 190. The van der Waals surface area contributed by atoms with Gasteiger partial charge >= 0.3 is 6.16 Å². The van der Waals surface area contributed by atoms with Gasteiger partial charge in [0.1, 0.15) is 6.10 Å². The van der Waals surface area contributed by atoms with Crippen LogP contribution in [0.25, 0.3) is 0 Å². The molecule has 3 nitrogen and oxygen atoms in total. The van der Waals surface area contributed by atoms with Crippen LogP contribution in [0.4, 0.5) is 4.79 Å². The minimum atomic E-state index is -1.85. The maximum absolute atomic E-state index is 11.7. The average Bonchev–Trinajstić information content (AvgIpc) is 2.33. The molecule has 0 radical (unpaired) electrons. The molecule has 96 valence electrons. The highest BCUT2D eigenvalue weighted by Crippen LogP contribution is 2.22. The van der Waals surface area contributed by atoms with Gasteiger partial charge in [-0.2, -0.15) is 0 Å². The highest BCUT2D eigenvalue weighted by Gasteiger charge is 2.34. The second-order valence-corrected chi connectivity index (χ2v) is 8.84. The lowest BCUT2D eigenvalue weighted by Gasteiger charge is -2.27. The standard InChI is InChI=1S/C12H26O3Si/c1-6-11(7-2)14-12(13)15-16(8-3,9-4)10-5/h11H,6-10H2,1-5H3. The van der Waals surface area contributed by atoms with E-state index in [9.17, 15) is 4.79 Å². The van der Waals surface area contributed by atoms with Gasteiger partial charge < -0.3 is 9.16 Å². The van der Waals surface area contributed by atoms with E-state index in [2.05, 4.69) is 20.8 Å². The first-order valence-corrected chi connectivity index (χ1v) is 8.99. The molecule has 0 bridgehead atoms. The van der Waals surface area contributed by atoms with Gasteiger partial charge in [-0.05, 0) is 31.0 Å². The van der Waals surface area contributed by atoms with E-state index in [-0.39, 0.29) is 6.10 Å². The SMILES string of the molecule is CCC(CC)OC(=O)O[Si](CC)(CC)CC. The Morgan fingerprint density at radius 2 is 1.44 bits per heavy atom. The zero-order valence-corrected chi connectivity index (χ0v) is 12.3. The molecule has 0 saturated carbocycles. The maximum Gasteiger partial charge on any atom is 0.494 e. The van der Waals surface area contributed by atoms with Crippen molar-refractivity contribution in [3.63, 3.8) is 0 Å². The predicted octanol–water partition coefficient (Wildman–Crippen LogP) is 4.33. The number of ether oxygens (including phenoxy) is 1. The molecular formula is C12H26O3Si. The monoisotopic (exact) mass is 246 g/mol. The third-order valence-corrected chi connectivity index (χ3v) is 7.87. The van der Waals surface area contributed by atoms with Gasteiger partial charge in [-0.3, -0.25) is 0 Å². The summed E-state index contributed by atoms with van der Waals surface area (Å²) in [5.74, 6) is 0. The summed E-state index contributed by atoms with van der Waals surface area (Å²) < 4.78 is 10.9. The summed E-state index contributed by atoms with van der Waals surface area (Å²) in [6, 6.07) is 2.91. The number of carbonyl (C=O) groups excluding carboxylic acids is 1. The summed E-state index contributed by atoms with van der Waals surface area (Å²) >= 11 is 0. The van der Waals surface area contributed by atoms with Crippen LogP contribution in [-0.2, 0) is 9.16 Å². The third kappa shape index (κ3) is 4.55. The van der Waals surface area contributed by atoms with Crippen molar-refractivity contribution in [2.45, 2.75) is 71.7 Å². The van der Waals surface area contributed by atoms with Gasteiger partial charge in [-0.15, -0.1) is 0 Å². The number of hydrogen-bond acceptors (Lipinski definition) is 3. The van der Waals surface area contributed by atoms with E-state index in [1.807, 2.05) is 13.8 Å². The number of rotatable bonds is 7. The van der Waals surface area contributed by atoms with Crippen LogP contribution in [0.5, 0.6) is 0 Å². The highest BCUT2D eigenvalue weighted by molar-refractivity contribution is 6.74. The predicted molar refractivity (Wildman–Crippen MR) is 69.1 cm³/mol. The zero-order chi connectivity index (χ0) is 12.6. The fourth-order valence-corrected chi connectivity index (χ4v) is 4.09. The van der Waals surface area contributed by atoms with Crippen LogP contribution in [0.2, 0.25) is 18.1 Å². The summed E-state index contributed by atoms with van der Waals surface area (Å²) in [5.41, 5.74) is 0. The minimum absolute atomic E-state index is 0.00442. The fourth-order valence-electron chi connectivity index (χ4n) is 1.76. The van der Waals surface area contributed by atoms with E-state index in [1.54, 1.807) is 0 Å². The van der Waals surface area contributed by atoms with Crippen molar-refractivity contribution in [3.05, 3.63) is 0 Å². The van der Waals surface area contributed by atoms with Crippen molar-refractivity contribution in [2.24, 2.45) is 0 Å².